The quantitative estimate of drug-likeness (QED) is 0.789. The highest BCUT2D eigenvalue weighted by molar-refractivity contribution is 6.01. The number of rotatable bonds is 2. The number of ether oxygens (including phenoxy) is 3. The summed E-state index contributed by atoms with van der Waals surface area (Å²) in [6, 6.07) is 13.1. The molecule has 0 amide bonds. The lowest BCUT2D eigenvalue weighted by Gasteiger charge is -2.13. The Morgan fingerprint density at radius 2 is 1.95 bits per heavy atom. The minimum absolute atomic E-state index is 0.146. The largest absolute Gasteiger partial charge is 0.492 e. The van der Waals surface area contributed by atoms with Gasteiger partial charge in [-0.1, -0.05) is 30.3 Å². The molecular weight excluding hydrogens is 282 g/mol. The van der Waals surface area contributed by atoms with Gasteiger partial charge in [-0.2, -0.15) is 0 Å². The molecule has 1 aromatic heterocycles. The van der Waals surface area contributed by atoms with Gasteiger partial charge < -0.3 is 19.2 Å². The number of methoxy groups -OCH3 is 1. The summed E-state index contributed by atoms with van der Waals surface area (Å²) in [5.74, 6) is 1.71. The number of H-pyrrole nitrogens is 1. The molecule has 0 bridgehead atoms. The second-order valence-corrected chi connectivity index (χ2v) is 4.98. The summed E-state index contributed by atoms with van der Waals surface area (Å²) >= 11 is 0. The monoisotopic (exact) mass is 295 g/mol. The summed E-state index contributed by atoms with van der Waals surface area (Å²) < 4.78 is 16.5. The highest BCUT2D eigenvalue weighted by atomic mass is 16.7. The molecule has 0 fully saturated rings. The SMILES string of the molecule is COc1c2c(cc3[nH]c(=O)cc(-c4ccccc4)c13)OCO2. The molecule has 5 nitrogen and oxygen atoms in total. The molecule has 0 unspecified atom stereocenters. The lowest BCUT2D eigenvalue weighted by Crippen LogP contribution is -2.05. The Morgan fingerprint density at radius 1 is 1.14 bits per heavy atom. The van der Waals surface area contributed by atoms with Gasteiger partial charge in [0.15, 0.2) is 11.5 Å². The molecule has 5 heteroatoms. The van der Waals surface area contributed by atoms with E-state index in [2.05, 4.69) is 4.98 Å². The van der Waals surface area contributed by atoms with Gasteiger partial charge in [0.2, 0.25) is 18.1 Å². The van der Waals surface area contributed by atoms with Crippen molar-refractivity contribution in [1.29, 1.82) is 0 Å². The maximum absolute atomic E-state index is 12.0. The summed E-state index contributed by atoms with van der Waals surface area (Å²) in [4.78, 5) is 14.8. The van der Waals surface area contributed by atoms with E-state index in [9.17, 15) is 4.79 Å². The van der Waals surface area contributed by atoms with Crippen molar-refractivity contribution in [2.75, 3.05) is 13.9 Å². The zero-order valence-electron chi connectivity index (χ0n) is 11.9. The van der Waals surface area contributed by atoms with Crippen LogP contribution in [-0.2, 0) is 0 Å². The van der Waals surface area contributed by atoms with Gasteiger partial charge in [0.25, 0.3) is 0 Å². The Labute approximate surface area is 126 Å². The smallest absolute Gasteiger partial charge is 0.249 e. The predicted molar refractivity (Wildman–Crippen MR) is 82.7 cm³/mol. The third kappa shape index (κ3) is 1.83. The van der Waals surface area contributed by atoms with Gasteiger partial charge in [0.1, 0.15) is 0 Å². The molecule has 0 atom stereocenters. The average Bonchev–Trinajstić information content (AvgIpc) is 3.00. The molecule has 1 N–H and O–H groups in total. The van der Waals surface area contributed by atoms with E-state index in [1.165, 1.54) is 0 Å². The minimum atomic E-state index is -0.174. The Balaban J connectivity index is 2.15. The van der Waals surface area contributed by atoms with Crippen LogP contribution in [0.15, 0.2) is 47.3 Å². The first-order valence-electron chi connectivity index (χ1n) is 6.87. The fraction of sp³-hybridized carbons (Fsp3) is 0.118. The van der Waals surface area contributed by atoms with Crippen LogP contribution in [0.1, 0.15) is 0 Å². The number of hydrogen-bond donors (Lipinski definition) is 1. The van der Waals surface area contributed by atoms with E-state index >= 15 is 0 Å². The molecule has 2 heterocycles. The third-order valence-electron chi connectivity index (χ3n) is 3.71. The average molecular weight is 295 g/mol. The van der Waals surface area contributed by atoms with Crippen LogP contribution in [0.25, 0.3) is 22.0 Å². The van der Waals surface area contributed by atoms with Crippen molar-refractivity contribution in [1.82, 2.24) is 4.98 Å². The highest BCUT2D eigenvalue weighted by Gasteiger charge is 2.24. The second-order valence-electron chi connectivity index (χ2n) is 4.98. The molecule has 110 valence electrons. The first kappa shape index (κ1) is 12.8. The molecular formula is C17H13NO4. The van der Waals surface area contributed by atoms with Crippen LogP contribution in [0, 0.1) is 0 Å². The van der Waals surface area contributed by atoms with E-state index in [0.717, 1.165) is 16.5 Å². The molecule has 0 saturated carbocycles. The number of benzene rings is 2. The first-order chi connectivity index (χ1) is 10.8. The van der Waals surface area contributed by atoms with Gasteiger partial charge in [-0.15, -0.1) is 0 Å². The summed E-state index contributed by atoms with van der Waals surface area (Å²) in [6.07, 6.45) is 0. The van der Waals surface area contributed by atoms with Gasteiger partial charge in [0.05, 0.1) is 18.0 Å². The molecule has 1 aliphatic rings. The Morgan fingerprint density at radius 3 is 2.73 bits per heavy atom. The maximum Gasteiger partial charge on any atom is 0.249 e. The van der Waals surface area contributed by atoms with Crippen LogP contribution < -0.4 is 19.8 Å². The summed E-state index contributed by atoms with van der Waals surface area (Å²) in [5, 5.41) is 0.803. The minimum Gasteiger partial charge on any atom is -0.492 e. The third-order valence-corrected chi connectivity index (χ3v) is 3.71. The predicted octanol–water partition coefficient (Wildman–Crippen LogP) is 2.93. The van der Waals surface area contributed by atoms with Crippen LogP contribution in [0.4, 0.5) is 0 Å². The molecule has 0 aliphatic carbocycles. The molecule has 4 rings (SSSR count). The van der Waals surface area contributed by atoms with Gasteiger partial charge in [0, 0.05) is 17.7 Å². The molecule has 3 aromatic rings. The molecule has 2 aromatic carbocycles. The summed E-state index contributed by atoms with van der Waals surface area (Å²) in [5.41, 5.74) is 2.23. The molecule has 0 spiro atoms. The molecule has 0 saturated heterocycles. The Hall–Kier alpha value is -2.95. The lowest BCUT2D eigenvalue weighted by molar-refractivity contribution is 0.171. The van der Waals surface area contributed by atoms with E-state index in [-0.39, 0.29) is 12.4 Å². The summed E-state index contributed by atoms with van der Waals surface area (Å²) in [7, 11) is 1.58. The first-order valence-corrected chi connectivity index (χ1v) is 6.87. The van der Waals surface area contributed by atoms with Crippen molar-refractivity contribution in [3.8, 4) is 28.4 Å². The normalized spacial score (nSPS) is 12.6. The fourth-order valence-corrected chi connectivity index (χ4v) is 2.79. The number of nitrogens with one attached hydrogen (secondary N) is 1. The summed E-state index contributed by atoms with van der Waals surface area (Å²) in [6.45, 7) is 0.146. The van der Waals surface area contributed by atoms with Crippen LogP contribution in [0.5, 0.6) is 17.2 Å². The highest BCUT2D eigenvalue weighted by Crippen LogP contribution is 2.47. The number of fused-ring (bicyclic) bond motifs is 2. The number of hydrogen-bond acceptors (Lipinski definition) is 4. The van der Waals surface area contributed by atoms with Gasteiger partial charge in [-0.3, -0.25) is 4.79 Å². The van der Waals surface area contributed by atoms with Gasteiger partial charge >= 0.3 is 0 Å². The van der Waals surface area contributed by atoms with Crippen molar-refractivity contribution >= 4 is 10.9 Å². The van der Waals surface area contributed by atoms with Crippen molar-refractivity contribution < 1.29 is 14.2 Å². The maximum atomic E-state index is 12.0. The van der Waals surface area contributed by atoms with Crippen LogP contribution in [0.2, 0.25) is 0 Å². The molecule has 22 heavy (non-hydrogen) atoms. The second kappa shape index (κ2) is 4.80. The van der Waals surface area contributed by atoms with E-state index in [1.807, 2.05) is 30.3 Å². The van der Waals surface area contributed by atoms with Crippen LogP contribution in [-0.4, -0.2) is 18.9 Å². The van der Waals surface area contributed by atoms with Crippen LogP contribution in [0.3, 0.4) is 0 Å². The standard InChI is InChI=1S/C17H13NO4/c1-20-17-15-11(10-5-3-2-4-6-10)7-14(19)18-12(15)8-13-16(17)22-9-21-13/h2-8H,9H2,1H3,(H,18,19). The van der Waals surface area contributed by atoms with E-state index < -0.39 is 0 Å². The zero-order chi connectivity index (χ0) is 15.1. The van der Waals surface area contributed by atoms with E-state index in [4.69, 9.17) is 14.2 Å². The topological polar surface area (TPSA) is 60.6 Å². The van der Waals surface area contributed by atoms with Crippen molar-refractivity contribution in [3.05, 3.63) is 52.8 Å². The Bertz CT molecular complexity index is 915. The number of aromatic amines is 1. The van der Waals surface area contributed by atoms with Crippen molar-refractivity contribution in [2.24, 2.45) is 0 Å². The number of pyridine rings is 1. The lowest BCUT2D eigenvalue weighted by atomic mass is 10.00. The van der Waals surface area contributed by atoms with Gasteiger partial charge in [-0.25, -0.2) is 0 Å². The van der Waals surface area contributed by atoms with Crippen LogP contribution >= 0.6 is 0 Å². The van der Waals surface area contributed by atoms with Crippen molar-refractivity contribution in [2.45, 2.75) is 0 Å². The molecule has 0 radical (unpaired) electrons. The van der Waals surface area contributed by atoms with Gasteiger partial charge in [-0.05, 0) is 5.56 Å². The zero-order valence-corrected chi connectivity index (χ0v) is 11.9. The van der Waals surface area contributed by atoms with E-state index in [0.29, 0.717) is 22.8 Å². The van der Waals surface area contributed by atoms with E-state index in [1.54, 1.807) is 19.2 Å². The number of aromatic nitrogens is 1. The Kier molecular flexibility index (Phi) is 2.79. The van der Waals surface area contributed by atoms with Crippen molar-refractivity contribution in [3.63, 3.8) is 0 Å². The fourth-order valence-electron chi connectivity index (χ4n) is 2.79. The molecule has 1 aliphatic heterocycles.